The normalized spacial score (nSPS) is 24.1. The van der Waals surface area contributed by atoms with Gasteiger partial charge in [-0.3, -0.25) is 9.47 Å². The summed E-state index contributed by atoms with van der Waals surface area (Å²) in [5.41, 5.74) is 0.921. The first-order valence-electron chi connectivity index (χ1n) is 8.69. The standard InChI is InChI=1S/C19H20F3N3OS/c1-5-27-14-10-23-17-24(14)16-12(3)15(26-4)11(2)9-18(16)8-6-7-13(25(17)18)19(20,21)22/h6-8,10H,5,9H2,1-4H3. The second kappa shape index (κ2) is 5.95. The number of rotatable bonds is 3. The lowest BCUT2D eigenvalue weighted by Crippen LogP contribution is -2.50. The van der Waals surface area contributed by atoms with Crippen LogP contribution in [0, 0.1) is 0 Å². The first-order chi connectivity index (χ1) is 12.8. The van der Waals surface area contributed by atoms with Gasteiger partial charge in [-0.05, 0) is 31.2 Å². The molecule has 0 radical (unpaired) electrons. The molecule has 1 atom stereocenters. The highest BCUT2D eigenvalue weighted by Gasteiger charge is 2.58. The Morgan fingerprint density at radius 1 is 1.33 bits per heavy atom. The van der Waals surface area contributed by atoms with E-state index in [0.717, 1.165) is 39.5 Å². The van der Waals surface area contributed by atoms with Crippen LogP contribution in [0.25, 0.3) is 5.70 Å². The SMILES string of the molecule is CCSc1cnc2n1C1=C(C)C(OC)=C(C)CC13C=CC=C(C(F)(F)F)N23. The molecule has 4 nitrogen and oxygen atoms in total. The van der Waals surface area contributed by atoms with Gasteiger partial charge in [-0.15, -0.1) is 11.8 Å². The smallest absolute Gasteiger partial charge is 0.431 e. The third-order valence-electron chi connectivity index (χ3n) is 5.22. The monoisotopic (exact) mass is 395 g/mol. The summed E-state index contributed by atoms with van der Waals surface area (Å²) in [4.78, 5) is 5.74. The Kier molecular flexibility index (Phi) is 4.03. The highest BCUT2D eigenvalue weighted by Crippen LogP contribution is 2.57. The van der Waals surface area contributed by atoms with Crippen LogP contribution in [0.1, 0.15) is 27.2 Å². The molecule has 0 fully saturated rings. The molecule has 0 saturated heterocycles. The number of fused-ring (bicyclic) bond motifs is 3. The Balaban J connectivity index is 2.04. The highest BCUT2D eigenvalue weighted by molar-refractivity contribution is 7.99. The molecule has 1 aliphatic carbocycles. The lowest BCUT2D eigenvalue weighted by atomic mass is 9.78. The fourth-order valence-corrected chi connectivity index (χ4v) is 5.17. The fraction of sp³-hybridized carbons (Fsp3) is 0.421. The maximum Gasteiger partial charge on any atom is 0.431 e. The van der Waals surface area contributed by atoms with E-state index < -0.39 is 17.4 Å². The maximum absolute atomic E-state index is 13.9. The average Bonchev–Trinajstić information content (AvgIpc) is 3.10. The van der Waals surface area contributed by atoms with E-state index in [1.165, 1.54) is 11.0 Å². The van der Waals surface area contributed by atoms with Crippen molar-refractivity contribution in [2.75, 3.05) is 17.8 Å². The number of methoxy groups -OCH3 is 1. The van der Waals surface area contributed by atoms with Gasteiger partial charge in [0.25, 0.3) is 0 Å². The number of aromatic nitrogens is 2. The summed E-state index contributed by atoms with van der Waals surface area (Å²) in [6.45, 7) is 5.83. The van der Waals surface area contributed by atoms with E-state index in [9.17, 15) is 13.2 Å². The predicted molar refractivity (Wildman–Crippen MR) is 100 cm³/mol. The molecule has 0 aromatic carbocycles. The molecule has 4 rings (SSSR count). The lowest BCUT2D eigenvalue weighted by molar-refractivity contribution is -0.0945. The summed E-state index contributed by atoms with van der Waals surface area (Å²) < 4.78 is 49.1. The number of anilines is 1. The van der Waals surface area contributed by atoms with Gasteiger partial charge in [0.2, 0.25) is 5.95 Å². The maximum atomic E-state index is 13.9. The van der Waals surface area contributed by atoms with Gasteiger partial charge in [-0.2, -0.15) is 13.2 Å². The first-order valence-corrected chi connectivity index (χ1v) is 9.68. The third-order valence-corrected chi connectivity index (χ3v) is 6.09. The Bertz CT molecular complexity index is 938. The number of thioether (sulfide) groups is 1. The number of nitrogens with zero attached hydrogens (tertiary/aromatic N) is 3. The van der Waals surface area contributed by atoms with Crippen molar-refractivity contribution in [1.29, 1.82) is 0 Å². The third kappa shape index (κ3) is 2.35. The van der Waals surface area contributed by atoms with Crippen molar-refractivity contribution in [3.8, 4) is 0 Å². The van der Waals surface area contributed by atoms with Crippen LogP contribution in [0.2, 0.25) is 0 Å². The molecule has 8 heteroatoms. The molecule has 2 aliphatic heterocycles. The number of hydrogen-bond donors (Lipinski definition) is 0. The Hall–Kier alpha value is -2.09. The Labute approximate surface area is 160 Å². The van der Waals surface area contributed by atoms with E-state index in [2.05, 4.69) is 4.98 Å². The minimum Gasteiger partial charge on any atom is -0.496 e. The Morgan fingerprint density at radius 2 is 2.07 bits per heavy atom. The van der Waals surface area contributed by atoms with Gasteiger partial charge in [-0.1, -0.05) is 19.1 Å². The van der Waals surface area contributed by atoms with Crippen LogP contribution < -0.4 is 4.90 Å². The van der Waals surface area contributed by atoms with Crippen LogP contribution in [-0.2, 0) is 4.74 Å². The van der Waals surface area contributed by atoms with Crippen molar-refractivity contribution < 1.29 is 17.9 Å². The van der Waals surface area contributed by atoms with Crippen molar-refractivity contribution in [1.82, 2.24) is 9.55 Å². The van der Waals surface area contributed by atoms with Gasteiger partial charge in [0.05, 0.1) is 19.0 Å². The molecule has 3 heterocycles. The summed E-state index contributed by atoms with van der Waals surface area (Å²) >= 11 is 1.56. The fourth-order valence-electron chi connectivity index (χ4n) is 4.45. The van der Waals surface area contributed by atoms with E-state index in [1.54, 1.807) is 25.1 Å². The molecule has 0 saturated carbocycles. The van der Waals surface area contributed by atoms with Crippen molar-refractivity contribution in [3.05, 3.63) is 47.0 Å². The quantitative estimate of drug-likeness (QED) is 0.664. The molecular weight excluding hydrogens is 375 g/mol. The van der Waals surface area contributed by atoms with Gasteiger partial charge in [0, 0.05) is 12.0 Å². The Morgan fingerprint density at radius 3 is 2.70 bits per heavy atom. The molecule has 0 bridgehead atoms. The van der Waals surface area contributed by atoms with Crippen molar-refractivity contribution in [2.45, 2.75) is 43.9 Å². The summed E-state index contributed by atoms with van der Waals surface area (Å²) in [6, 6.07) is 0. The van der Waals surface area contributed by atoms with E-state index in [4.69, 9.17) is 4.74 Å². The van der Waals surface area contributed by atoms with Gasteiger partial charge >= 0.3 is 6.18 Å². The van der Waals surface area contributed by atoms with Crippen LogP contribution >= 0.6 is 11.8 Å². The van der Waals surface area contributed by atoms with E-state index in [1.807, 2.05) is 31.4 Å². The summed E-state index contributed by atoms with van der Waals surface area (Å²) in [7, 11) is 1.60. The van der Waals surface area contributed by atoms with E-state index >= 15 is 0 Å². The zero-order chi connectivity index (χ0) is 19.6. The summed E-state index contributed by atoms with van der Waals surface area (Å²) in [5.74, 6) is 1.84. The molecule has 1 unspecified atom stereocenters. The number of hydrogen-bond acceptors (Lipinski definition) is 4. The highest BCUT2D eigenvalue weighted by atomic mass is 32.2. The molecule has 144 valence electrons. The second-order valence-corrected chi connectivity index (χ2v) is 8.08. The van der Waals surface area contributed by atoms with Gasteiger partial charge < -0.3 is 4.74 Å². The first kappa shape index (κ1) is 18.3. The van der Waals surface area contributed by atoms with Gasteiger partial charge in [0.1, 0.15) is 22.0 Å². The van der Waals surface area contributed by atoms with Crippen molar-refractivity contribution in [3.63, 3.8) is 0 Å². The topological polar surface area (TPSA) is 30.3 Å². The molecule has 0 amide bonds. The second-order valence-electron chi connectivity index (χ2n) is 6.80. The van der Waals surface area contributed by atoms with E-state index in [-0.39, 0.29) is 0 Å². The van der Waals surface area contributed by atoms with Crippen LogP contribution in [0.15, 0.2) is 52.1 Å². The molecule has 1 aromatic rings. The number of alkyl halides is 3. The zero-order valence-electron chi connectivity index (χ0n) is 15.5. The average molecular weight is 395 g/mol. The largest absolute Gasteiger partial charge is 0.496 e. The molecule has 3 aliphatic rings. The summed E-state index contributed by atoms with van der Waals surface area (Å²) in [6.07, 6.45) is 2.07. The summed E-state index contributed by atoms with van der Waals surface area (Å²) in [5, 5.41) is 0.834. The van der Waals surface area contributed by atoms with Crippen LogP contribution in [0.4, 0.5) is 19.1 Å². The predicted octanol–water partition coefficient (Wildman–Crippen LogP) is 5.13. The van der Waals surface area contributed by atoms with Crippen LogP contribution in [0.5, 0.6) is 0 Å². The van der Waals surface area contributed by atoms with Gasteiger partial charge in [0.15, 0.2) is 0 Å². The van der Waals surface area contributed by atoms with E-state index in [0.29, 0.717) is 12.4 Å². The molecule has 27 heavy (non-hydrogen) atoms. The minimum atomic E-state index is -4.48. The number of halogens is 3. The molecule has 1 aromatic heterocycles. The number of ether oxygens (including phenoxy) is 1. The lowest BCUT2D eigenvalue weighted by Gasteiger charge is -2.43. The van der Waals surface area contributed by atoms with Crippen LogP contribution in [-0.4, -0.2) is 34.1 Å². The molecule has 0 N–H and O–H groups in total. The van der Waals surface area contributed by atoms with Crippen molar-refractivity contribution in [2.24, 2.45) is 0 Å². The van der Waals surface area contributed by atoms with Gasteiger partial charge in [-0.25, -0.2) is 4.98 Å². The zero-order valence-corrected chi connectivity index (χ0v) is 16.3. The van der Waals surface area contributed by atoms with Crippen LogP contribution in [0.3, 0.4) is 0 Å². The molecular formula is C19H20F3N3OS. The minimum absolute atomic E-state index is 0.304. The van der Waals surface area contributed by atoms with Crippen molar-refractivity contribution >= 4 is 23.4 Å². The molecule has 1 spiro atoms. The number of allylic oxidation sites excluding steroid dienone is 4. The number of imidazole rings is 1.